The Morgan fingerprint density at radius 3 is 2.77 bits per heavy atom. The largest absolute Gasteiger partial charge is 0.512 e. The van der Waals surface area contributed by atoms with E-state index in [9.17, 15) is 19.2 Å². The van der Waals surface area contributed by atoms with Crippen LogP contribution in [0.3, 0.4) is 0 Å². The van der Waals surface area contributed by atoms with Gasteiger partial charge in [-0.1, -0.05) is 5.16 Å². The average molecular weight is 471 g/mol. The van der Waals surface area contributed by atoms with E-state index in [4.69, 9.17) is 25.2 Å². The summed E-state index contributed by atoms with van der Waals surface area (Å²) in [7, 11) is 1.25. The number of fused-ring (bicyclic) bond motifs is 1. The molecule has 3 heterocycles. The third-order valence-electron chi connectivity index (χ3n) is 4.08. The van der Waals surface area contributed by atoms with Crippen LogP contribution >= 0.6 is 23.1 Å². The van der Waals surface area contributed by atoms with Gasteiger partial charge in [0, 0.05) is 23.6 Å². The SMILES string of the molecule is CON=C(C(=O)NC1C(=O)N2C(OC(=O)O)=C(COC(C)=O)CS[C@@H]12)c1csc(N)n1. The first-order valence-corrected chi connectivity index (χ1v) is 10.5. The molecular formula is C16H17N5O8S2. The van der Waals surface area contributed by atoms with Crippen molar-refractivity contribution in [3.8, 4) is 0 Å². The van der Waals surface area contributed by atoms with Gasteiger partial charge in [-0.2, -0.15) is 0 Å². The number of oxime groups is 1. The highest BCUT2D eigenvalue weighted by atomic mass is 32.2. The molecule has 166 valence electrons. The maximum absolute atomic E-state index is 12.7. The molecule has 1 aromatic rings. The molecule has 0 spiro atoms. The van der Waals surface area contributed by atoms with Gasteiger partial charge in [0.25, 0.3) is 11.8 Å². The minimum atomic E-state index is -1.63. The molecule has 0 aliphatic carbocycles. The molecule has 13 nitrogen and oxygen atoms in total. The Labute approximate surface area is 183 Å². The Balaban J connectivity index is 1.77. The summed E-state index contributed by atoms with van der Waals surface area (Å²) in [6, 6.07) is -0.974. The van der Waals surface area contributed by atoms with Crippen molar-refractivity contribution in [2.24, 2.45) is 5.16 Å². The number of aromatic nitrogens is 1. The molecule has 2 atom stereocenters. The van der Waals surface area contributed by atoms with Gasteiger partial charge in [0.2, 0.25) is 5.88 Å². The van der Waals surface area contributed by atoms with E-state index in [0.717, 1.165) is 16.2 Å². The summed E-state index contributed by atoms with van der Waals surface area (Å²) in [5.74, 6) is -1.90. The van der Waals surface area contributed by atoms with Crippen molar-refractivity contribution in [1.82, 2.24) is 15.2 Å². The number of hydrogen-bond donors (Lipinski definition) is 3. The van der Waals surface area contributed by atoms with Gasteiger partial charge in [0.1, 0.15) is 30.8 Å². The summed E-state index contributed by atoms with van der Waals surface area (Å²) in [6.07, 6.45) is -1.63. The molecule has 1 unspecified atom stereocenters. The van der Waals surface area contributed by atoms with E-state index in [1.807, 2.05) is 0 Å². The van der Waals surface area contributed by atoms with Crippen LogP contribution in [0.5, 0.6) is 0 Å². The van der Waals surface area contributed by atoms with Crippen LogP contribution in [0, 0.1) is 0 Å². The van der Waals surface area contributed by atoms with Crippen molar-refractivity contribution in [3.63, 3.8) is 0 Å². The van der Waals surface area contributed by atoms with Crippen LogP contribution in [-0.2, 0) is 28.7 Å². The number of thioether (sulfide) groups is 1. The van der Waals surface area contributed by atoms with Gasteiger partial charge in [-0.25, -0.2) is 9.78 Å². The summed E-state index contributed by atoms with van der Waals surface area (Å²) in [5.41, 5.74) is 5.92. The Morgan fingerprint density at radius 2 is 2.19 bits per heavy atom. The zero-order valence-electron chi connectivity index (χ0n) is 16.2. The third-order valence-corrected chi connectivity index (χ3v) is 6.09. The van der Waals surface area contributed by atoms with E-state index in [1.165, 1.54) is 31.2 Å². The van der Waals surface area contributed by atoms with Crippen molar-refractivity contribution in [3.05, 3.63) is 22.5 Å². The van der Waals surface area contributed by atoms with E-state index in [1.54, 1.807) is 0 Å². The number of nitrogens with one attached hydrogen (secondary N) is 1. The molecule has 1 fully saturated rings. The lowest BCUT2D eigenvalue weighted by molar-refractivity contribution is -0.148. The Hall–Kier alpha value is -3.33. The highest BCUT2D eigenvalue weighted by Gasteiger charge is 2.54. The van der Waals surface area contributed by atoms with Crippen LogP contribution in [0.2, 0.25) is 0 Å². The number of anilines is 1. The zero-order valence-corrected chi connectivity index (χ0v) is 17.8. The van der Waals surface area contributed by atoms with Gasteiger partial charge >= 0.3 is 12.1 Å². The van der Waals surface area contributed by atoms with Crippen LogP contribution in [0.1, 0.15) is 12.6 Å². The van der Waals surface area contributed by atoms with E-state index in [0.29, 0.717) is 5.57 Å². The number of nitrogens with two attached hydrogens (primary N) is 1. The van der Waals surface area contributed by atoms with Gasteiger partial charge < -0.3 is 30.5 Å². The van der Waals surface area contributed by atoms with E-state index >= 15 is 0 Å². The number of rotatable bonds is 7. The first-order valence-electron chi connectivity index (χ1n) is 8.57. The molecular weight excluding hydrogens is 454 g/mol. The van der Waals surface area contributed by atoms with E-state index in [-0.39, 0.29) is 34.8 Å². The molecule has 0 bridgehead atoms. The number of nitrogens with zero attached hydrogens (tertiary/aromatic N) is 3. The molecule has 2 aliphatic rings. The Bertz CT molecular complexity index is 990. The molecule has 4 N–H and O–H groups in total. The second kappa shape index (κ2) is 9.22. The van der Waals surface area contributed by atoms with Crippen molar-refractivity contribution >= 4 is 57.9 Å². The Kier molecular flexibility index (Phi) is 6.65. The average Bonchev–Trinajstić information content (AvgIpc) is 3.13. The quantitative estimate of drug-likeness (QED) is 0.210. The van der Waals surface area contributed by atoms with Gasteiger partial charge in [-0.15, -0.1) is 23.1 Å². The number of esters is 1. The summed E-state index contributed by atoms with van der Waals surface area (Å²) in [5, 5.41) is 16.3. The fourth-order valence-corrected chi connectivity index (χ4v) is 4.65. The van der Waals surface area contributed by atoms with Crippen molar-refractivity contribution in [2.45, 2.75) is 18.3 Å². The summed E-state index contributed by atoms with van der Waals surface area (Å²) < 4.78 is 9.67. The van der Waals surface area contributed by atoms with Crippen molar-refractivity contribution in [1.29, 1.82) is 0 Å². The number of carbonyl (C=O) groups is 4. The molecule has 0 radical (unpaired) electrons. The molecule has 1 aromatic heterocycles. The van der Waals surface area contributed by atoms with Crippen LogP contribution in [-0.4, -0.2) is 75.5 Å². The molecule has 2 amide bonds. The zero-order chi connectivity index (χ0) is 22.7. The second-order valence-corrected chi connectivity index (χ2v) is 8.11. The lowest BCUT2D eigenvalue weighted by Gasteiger charge is -2.49. The number of amides is 2. The smallest absolute Gasteiger partial charge is 0.461 e. The van der Waals surface area contributed by atoms with Gasteiger partial charge in [-0.05, 0) is 0 Å². The minimum Gasteiger partial charge on any atom is -0.461 e. The predicted molar refractivity (Wildman–Crippen MR) is 108 cm³/mol. The van der Waals surface area contributed by atoms with E-state index < -0.39 is 35.4 Å². The minimum absolute atomic E-state index is 0.171. The second-order valence-electron chi connectivity index (χ2n) is 6.11. The predicted octanol–water partition coefficient (Wildman–Crippen LogP) is -0.0550. The van der Waals surface area contributed by atoms with Gasteiger partial charge in [-0.3, -0.25) is 19.3 Å². The van der Waals surface area contributed by atoms with Crippen molar-refractivity contribution in [2.75, 3.05) is 25.2 Å². The fourth-order valence-electron chi connectivity index (χ4n) is 2.80. The fraction of sp³-hybridized carbons (Fsp3) is 0.375. The highest BCUT2D eigenvalue weighted by molar-refractivity contribution is 8.00. The molecule has 2 aliphatic heterocycles. The molecule has 1 saturated heterocycles. The number of hydrogen-bond acceptors (Lipinski definition) is 12. The number of carboxylic acid groups (broad SMARTS) is 1. The van der Waals surface area contributed by atoms with Crippen LogP contribution in [0.25, 0.3) is 0 Å². The lowest BCUT2D eigenvalue weighted by atomic mass is 10.1. The standard InChI is InChI=1S/C16H17N5O8S2/c1-6(22)28-3-7-4-30-14-10(12(24)21(14)13(7)29-16(25)26)19-11(23)9(20-27-2)8-5-31-15(17)18-8/h5,10,14H,3-4H2,1-2H3,(H2,17,18)(H,19,23)(H,25,26)/t10?,14-/m0/s1. The van der Waals surface area contributed by atoms with Crippen molar-refractivity contribution < 1.29 is 38.6 Å². The number of carbonyl (C=O) groups excluding carboxylic acids is 3. The van der Waals surface area contributed by atoms with Crippen LogP contribution in [0.15, 0.2) is 22.0 Å². The Morgan fingerprint density at radius 1 is 1.45 bits per heavy atom. The summed E-state index contributed by atoms with van der Waals surface area (Å²) in [4.78, 5) is 57.3. The maximum atomic E-state index is 12.7. The monoisotopic (exact) mass is 471 g/mol. The molecule has 31 heavy (non-hydrogen) atoms. The number of nitrogen functional groups attached to an aromatic ring is 1. The van der Waals surface area contributed by atoms with Crippen LogP contribution < -0.4 is 11.1 Å². The molecule has 3 rings (SSSR count). The summed E-state index contributed by atoms with van der Waals surface area (Å²) in [6.45, 7) is 0.973. The van der Waals surface area contributed by atoms with Crippen LogP contribution in [0.4, 0.5) is 9.93 Å². The van der Waals surface area contributed by atoms with E-state index in [2.05, 4.69) is 15.5 Å². The first kappa shape index (κ1) is 22.4. The third kappa shape index (κ3) is 4.72. The first-order chi connectivity index (χ1) is 14.7. The number of thiazole rings is 1. The number of ether oxygens (including phenoxy) is 2. The molecule has 15 heteroatoms. The maximum Gasteiger partial charge on any atom is 0.512 e. The topological polar surface area (TPSA) is 183 Å². The summed E-state index contributed by atoms with van der Waals surface area (Å²) >= 11 is 2.35. The van der Waals surface area contributed by atoms with Gasteiger partial charge in [0.15, 0.2) is 10.8 Å². The highest BCUT2D eigenvalue weighted by Crippen LogP contribution is 2.40. The lowest BCUT2D eigenvalue weighted by Crippen LogP contribution is -2.70. The molecule has 0 saturated carbocycles. The molecule has 0 aromatic carbocycles. The number of β-lactam (4-membered cyclic amide) rings is 1. The van der Waals surface area contributed by atoms with Gasteiger partial charge in [0.05, 0.1) is 0 Å². The normalized spacial score (nSPS) is 20.5.